The molecule has 0 spiro atoms. The van der Waals surface area contributed by atoms with E-state index in [4.69, 9.17) is 16.3 Å². The summed E-state index contributed by atoms with van der Waals surface area (Å²) >= 11 is 6.37. The lowest BCUT2D eigenvalue weighted by molar-refractivity contribution is 0.415. The Morgan fingerprint density at radius 3 is 2.58 bits per heavy atom. The maximum Gasteiger partial charge on any atom is 0.176 e. The molecule has 0 aliphatic carbocycles. The number of ether oxygens (including phenoxy) is 1. The highest BCUT2D eigenvalue weighted by molar-refractivity contribution is 6.34. The molecule has 0 fully saturated rings. The largest absolute Gasteiger partial charge is 0.497 e. The summed E-state index contributed by atoms with van der Waals surface area (Å²) in [5.41, 5.74) is 3.28. The molecule has 6 heteroatoms. The van der Waals surface area contributed by atoms with Gasteiger partial charge in [-0.25, -0.2) is 9.50 Å². The van der Waals surface area contributed by atoms with E-state index in [0.29, 0.717) is 10.7 Å². The monoisotopic (exact) mass is 338 g/mol. The van der Waals surface area contributed by atoms with E-state index >= 15 is 0 Å². The van der Waals surface area contributed by atoms with Crippen LogP contribution in [0.4, 0.5) is 11.5 Å². The van der Waals surface area contributed by atoms with E-state index in [-0.39, 0.29) is 0 Å². The van der Waals surface area contributed by atoms with Crippen molar-refractivity contribution < 1.29 is 4.74 Å². The molecule has 2 heterocycles. The molecule has 5 nitrogen and oxygen atoms in total. The standard InChI is InChI=1S/C18H15ClN4O/c1-11-16(19)18-21-17(20-12-7-9-13(24-2)10-8-12)14-5-3-4-6-15(14)23(18)22-11/h3-10H,1-2H3,(H,20,21). The molecular weight excluding hydrogens is 324 g/mol. The number of anilines is 2. The number of aromatic nitrogens is 3. The topological polar surface area (TPSA) is 51.5 Å². The van der Waals surface area contributed by atoms with Crippen LogP contribution in [0.1, 0.15) is 5.69 Å². The molecule has 4 aromatic rings. The Balaban J connectivity index is 1.90. The minimum Gasteiger partial charge on any atom is -0.497 e. The smallest absolute Gasteiger partial charge is 0.176 e. The van der Waals surface area contributed by atoms with Gasteiger partial charge in [-0.1, -0.05) is 23.7 Å². The van der Waals surface area contributed by atoms with Gasteiger partial charge in [-0.3, -0.25) is 0 Å². The number of halogens is 1. The molecule has 120 valence electrons. The van der Waals surface area contributed by atoms with Crippen LogP contribution in [0.25, 0.3) is 16.6 Å². The number of rotatable bonds is 3. The van der Waals surface area contributed by atoms with Gasteiger partial charge in [0.05, 0.1) is 18.3 Å². The highest BCUT2D eigenvalue weighted by Gasteiger charge is 2.14. The molecule has 0 atom stereocenters. The Morgan fingerprint density at radius 2 is 1.83 bits per heavy atom. The number of para-hydroxylation sites is 1. The molecule has 4 rings (SSSR count). The number of fused-ring (bicyclic) bond motifs is 3. The van der Waals surface area contributed by atoms with Gasteiger partial charge in [-0.15, -0.1) is 0 Å². The molecular formula is C18H15ClN4O. The second kappa shape index (κ2) is 5.69. The van der Waals surface area contributed by atoms with Gasteiger partial charge < -0.3 is 10.1 Å². The number of hydrogen-bond donors (Lipinski definition) is 1. The molecule has 2 aromatic carbocycles. The van der Waals surface area contributed by atoms with Crippen LogP contribution in [0.3, 0.4) is 0 Å². The van der Waals surface area contributed by atoms with Crippen molar-refractivity contribution in [2.45, 2.75) is 6.92 Å². The summed E-state index contributed by atoms with van der Waals surface area (Å²) in [6, 6.07) is 15.7. The third-order valence-corrected chi connectivity index (χ3v) is 4.36. The van der Waals surface area contributed by atoms with Gasteiger partial charge in [0.25, 0.3) is 0 Å². The van der Waals surface area contributed by atoms with Gasteiger partial charge in [0.1, 0.15) is 16.6 Å². The van der Waals surface area contributed by atoms with Crippen molar-refractivity contribution >= 4 is 39.7 Å². The zero-order valence-corrected chi connectivity index (χ0v) is 14.0. The molecule has 0 bridgehead atoms. The minimum absolute atomic E-state index is 0.568. The van der Waals surface area contributed by atoms with Crippen molar-refractivity contribution in [2.24, 2.45) is 0 Å². The van der Waals surface area contributed by atoms with Crippen molar-refractivity contribution in [3.05, 3.63) is 59.2 Å². The molecule has 2 aromatic heterocycles. The Morgan fingerprint density at radius 1 is 1.08 bits per heavy atom. The van der Waals surface area contributed by atoms with Crippen LogP contribution in [0.2, 0.25) is 5.02 Å². The highest BCUT2D eigenvalue weighted by Crippen LogP contribution is 2.30. The molecule has 0 amide bonds. The first-order chi connectivity index (χ1) is 11.7. The normalized spacial score (nSPS) is 11.1. The first-order valence-electron chi connectivity index (χ1n) is 7.52. The second-order valence-corrected chi connectivity index (χ2v) is 5.84. The van der Waals surface area contributed by atoms with Crippen LogP contribution in [0.15, 0.2) is 48.5 Å². The summed E-state index contributed by atoms with van der Waals surface area (Å²) in [5, 5.41) is 9.39. The molecule has 0 unspecified atom stereocenters. The van der Waals surface area contributed by atoms with Crippen LogP contribution < -0.4 is 10.1 Å². The maximum absolute atomic E-state index is 6.37. The first-order valence-corrected chi connectivity index (χ1v) is 7.90. The van der Waals surface area contributed by atoms with Crippen LogP contribution in [0.5, 0.6) is 5.75 Å². The van der Waals surface area contributed by atoms with Crippen LogP contribution in [0, 0.1) is 6.92 Å². The summed E-state index contributed by atoms with van der Waals surface area (Å²) < 4.78 is 6.98. The molecule has 0 aliphatic heterocycles. The average Bonchev–Trinajstić information content (AvgIpc) is 2.91. The quantitative estimate of drug-likeness (QED) is 0.593. The predicted molar refractivity (Wildman–Crippen MR) is 96.5 cm³/mol. The Labute approximate surface area is 143 Å². The number of benzene rings is 2. The zero-order chi connectivity index (χ0) is 16.7. The third-order valence-electron chi connectivity index (χ3n) is 3.92. The number of nitrogens with zero attached hydrogens (tertiary/aromatic N) is 3. The maximum atomic E-state index is 6.37. The average molecular weight is 339 g/mol. The van der Waals surface area contributed by atoms with Crippen molar-refractivity contribution in [3.8, 4) is 5.75 Å². The number of nitrogens with one attached hydrogen (secondary N) is 1. The fraction of sp³-hybridized carbons (Fsp3) is 0.111. The van der Waals surface area contributed by atoms with E-state index < -0.39 is 0 Å². The van der Waals surface area contributed by atoms with E-state index in [2.05, 4.69) is 15.4 Å². The fourth-order valence-corrected chi connectivity index (χ4v) is 2.85. The zero-order valence-electron chi connectivity index (χ0n) is 13.2. The lowest BCUT2D eigenvalue weighted by Crippen LogP contribution is -2.00. The van der Waals surface area contributed by atoms with E-state index in [1.807, 2.05) is 55.5 Å². The molecule has 0 radical (unpaired) electrons. The van der Waals surface area contributed by atoms with Gasteiger partial charge in [-0.05, 0) is 43.3 Å². The summed E-state index contributed by atoms with van der Waals surface area (Å²) in [4.78, 5) is 4.69. The van der Waals surface area contributed by atoms with Crippen LogP contribution in [-0.2, 0) is 0 Å². The molecule has 0 aliphatic rings. The fourth-order valence-electron chi connectivity index (χ4n) is 2.69. The van der Waals surface area contributed by atoms with Gasteiger partial charge in [0.15, 0.2) is 5.65 Å². The van der Waals surface area contributed by atoms with Crippen molar-refractivity contribution in [2.75, 3.05) is 12.4 Å². The summed E-state index contributed by atoms with van der Waals surface area (Å²) in [6.07, 6.45) is 0. The Hall–Kier alpha value is -2.79. The Kier molecular flexibility index (Phi) is 3.50. The van der Waals surface area contributed by atoms with E-state index in [1.54, 1.807) is 11.6 Å². The van der Waals surface area contributed by atoms with Crippen molar-refractivity contribution in [1.29, 1.82) is 0 Å². The predicted octanol–water partition coefficient (Wildman–Crippen LogP) is 4.60. The minimum atomic E-state index is 0.568. The lowest BCUT2D eigenvalue weighted by Gasteiger charge is -2.11. The van der Waals surface area contributed by atoms with Crippen LogP contribution >= 0.6 is 11.6 Å². The van der Waals surface area contributed by atoms with Crippen molar-refractivity contribution in [3.63, 3.8) is 0 Å². The SMILES string of the molecule is COc1ccc(Nc2nc3c(Cl)c(C)nn3c3ccccc23)cc1. The molecule has 0 saturated carbocycles. The molecule has 0 saturated heterocycles. The third kappa shape index (κ3) is 2.34. The van der Waals surface area contributed by atoms with E-state index in [1.165, 1.54) is 0 Å². The van der Waals surface area contributed by atoms with Gasteiger partial charge in [0, 0.05) is 11.1 Å². The summed E-state index contributed by atoms with van der Waals surface area (Å²) in [7, 11) is 1.65. The van der Waals surface area contributed by atoms with E-state index in [0.717, 1.165) is 33.9 Å². The summed E-state index contributed by atoms with van der Waals surface area (Å²) in [5.74, 6) is 1.55. The Bertz CT molecular complexity index is 1040. The number of aryl methyl sites for hydroxylation is 1. The van der Waals surface area contributed by atoms with Gasteiger partial charge in [-0.2, -0.15) is 5.10 Å². The number of methoxy groups -OCH3 is 1. The van der Waals surface area contributed by atoms with Gasteiger partial charge >= 0.3 is 0 Å². The highest BCUT2D eigenvalue weighted by atomic mass is 35.5. The second-order valence-electron chi connectivity index (χ2n) is 5.47. The molecule has 1 N–H and O–H groups in total. The molecule has 24 heavy (non-hydrogen) atoms. The van der Waals surface area contributed by atoms with Crippen LogP contribution in [-0.4, -0.2) is 21.7 Å². The van der Waals surface area contributed by atoms with Crippen molar-refractivity contribution in [1.82, 2.24) is 14.6 Å². The van der Waals surface area contributed by atoms with Gasteiger partial charge in [0.2, 0.25) is 0 Å². The number of hydrogen-bond acceptors (Lipinski definition) is 4. The lowest BCUT2D eigenvalue weighted by atomic mass is 10.2. The first kappa shape index (κ1) is 14.8. The summed E-state index contributed by atoms with van der Waals surface area (Å²) in [6.45, 7) is 1.88. The van der Waals surface area contributed by atoms with E-state index in [9.17, 15) is 0 Å².